The fraction of sp³-hybridized carbons (Fsp3) is 0.882. The number of methoxy groups -OCH3 is 1. The van der Waals surface area contributed by atoms with Gasteiger partial charge in [-0.25, -0.2) is 0 Å². The average Bonchev–Trinajstić information content (AvgIpc) is 2.58. The first kappa shape index (κ1) is 18.2. The molecule has 0 spiro atoms. The number of ether oxygens (including phenoxy) is 1. The highest BCUT2D eigenvalue weighted by molar-refractivity contribution is 5.86. The maximum Gasteiger partial charge on any atom is 0.226 e. The number of rotatable bonds is 7. The lowest BCUT2D eigenvalue weighted by molar-refractivity contribution is -0.146. The Morgan fingerprint density at radius 3 is 2.74 bits per heavy atom. The maximum absolute atomic E-state index is 12.8. The number of nitrogens with zero attached hydrogens (tertiary/aromatic N) is 2. The van der Waals surface area contributed by atoms with Crippen molar-refractivity contribution in [3.63, 3.8) is 0 Å². The summed E-state index contributed by atoms with van der Waals surface area (Å²) in [5.41, 5.74) is 0. The van der Waals surface area contributed by atoms with Crippen LogP contribution in [0.15, 0.2) is 0 Å². The highest BCUT2D eigenvalue weighted by atomic mass is 16.5. The van der Waals surface area contributed by atoms with Gasteiger partial charge in [0.15, 0.2) is 0 Å². The Hall–Kier alpha value is -1.14. The maximum atomic E-state index is 12.8. The second-order valence-electron chi connectivity index (χ2n) is 6.52. The number of piperidine rings is 2. The molecule has 0 aliphatic carbocycles. The number of hydrogen-bond acceptors (Lipinski definition) is 4. The first-order valence-electron chi connectivity index (χ1n) is 8.95. The van der Waals surface area contributed by atoms with Gasteiger partial charge in [-0.3, -0.25) is 9.59 Å². The quantitative estimate of drug-likeness (QED) is 0.754. The van der Waals surface area contributed by atoms with E-state index in [0.29, 0.717) is 32.2 Å². The van der Waals surface area contributed by atoms with Crippen molar-refractivity contribution in [2.45, 2.75) is 45.1 Å². The summed E-state index contributed by atoms with van der Waals surface area (Å²) in [4.78, 5) is 29.1. The molecule has 23 heavy (non-hydrogen) atoms. The summed E-state index contributed by atoms with van der Waals surface area (Å²) >= 11 is 0. The number of nitrogens with one attached hydrogen (secondary N) is 1. The molecule has 0 radical (unpaired) electrons. The number of carbonyl (C=O) groups is 2. The number of likely N-dealkylation sites (N-methyl/N-ethyl adjacent to an activating group) is 1. The monoisotopic (exact) mass is 325 g/mol. The third kappa shape index (κ3) is 4.91. The van der Waals surface area contributed by atoms with E-state index in [0.717, 1.165) is 45.3 Å². The van der Waals surface area contributed by atoms with Gasteiger partial charge in [-0.05, 0) is 45.7 Å². The van der Waals surface area contributed by atoms with Crippen LogP contribution in [0.25, 0.3) is 0 Å². The van der Waals surface area contributed by atoms with E-state index in [-0.39, 0.29) is 17.7 Å². The largest absolute Gasteiger partial charge is 0.383 e. The minimum atomic E-state index is -0.136. The zero-order valence-electron chi connectivity index (χ0n) is 14.6. The van der Waals surface area contributed by atoms with Crippen LogP contribution >= 0.6 is 0 Å². The summed E-state index contributed by atoms with van der Waals surface area (Å²) in [5, 5.41) is 3.34. The molecule has 2 aliphatic heterocycles. The Morgan fingerprint density at radius 1 is 1.35 bits per heavy atom. The fourth-order valence-corrected chi connectivity index (χ4v) is 3.65. The van der Waals surface area contributed by atoms with Crippen LogP contribution in [0.3, 0.4) is 0 Å². The lowest BCUT2D eigenvalue weighted by Gasteiger charge is -2.40. The lowest BCUT2D eigenvalue weighted by Crippen LogP contribution is -2.51. The van der Waals surface area contributed by atoms with Crippen LogP contribution < -0.4 is 5.32 Å². The van der Waals surface area contributed by atoms with Gasteiger partial charge in [0, 0.05) is 45.1 Å². The van der Waals surface area contributed by atoms with Gasteiger partial charge in [0.2, 0.25) is 11.8 Å². The summed E-state index contributed by atoms with van der Waals surface area (Å²) in [6.45, 7) is 6.61. The molecular weight excluding hydrogens is 294 g/mol. The van der Waals surface area contributed by atoms with E-state index in [2.05, 4.69) is 5.32 Å². The van der Waals surface area contributed by atoms with Gasteiger partial charge in [-0.2, -0.15) is 0 Å². The van der Waals surface area contributed by atoms with Crippen LogP contribution in [-0.2, 0) is 14.3 Å². The van der Waals surface area contributed by atoms with E-state index in [1.54, 1.807) is 12.0 Å². The minimum absolute atomic E-state index is 0.0788. The molecule has 2 aliphatic rings. The Balaban J connectivity index is 1.90. The molecule has 2 rings (SSSR count). The fourth-order valence-electron chi connectivity index (χ4n) is 3.65. The summed E-state index contributed by atoms with van der Waals surface area (Å²) in [7, 11) is 1.64. The van der Waals surface area contributed by atoms with Crippen molar-refractivity contribution < 1.29 is 14.3 Å². The predicted molar refractivity (Wildman–Crippen MR) is 89.1 cm³/mol. The molecule has 2 amide bonds. The van der Waals surface area contributed by atoms with Crippen molar-refractivity contribution in [1.82, 2.24) is 15.1 Å². The van der Waals surface area contributed by atoms with Crippen molar-refractivity contribution in [2.24, 2.45) is 5.92 Å². The van der Waals surface area contributed by atoms with E-state index >= 15 is 0 Å². The van der Waals surface area contributed by atoms with E-state index in [9.17, 15) is 9.59 Å². The molecule has 6 heteroatoms. The topological polar surface area (TPSA) is 61.9 Å². The summed E-state index contributed by atoms with van der Waals surface area (Å²) in [5.74, 6) is 0.136. The molecule has 1 atom stereocenters. The van der Waals surface area contributed by atoms with Gasteiger partial charge in [-0.1, -0.05) is 0 Å². The Kier molecular flexibility index (Phi) is 7.30. The molecule has 0 aromatic heterocycles. The first-order chi connectivity index (χ1) is 11.2. The van der Waals surface area contributed by atoms with E-state index in [1.807, 2.05) is 11.8 Å². The number of hydrogen-bond donors (Lipinski definition) is 1. The molecule has 6 nitrogen and oxygen atoms in total. The first-order valence-corrected chi connectivity index (χ1v) is 8.95. The summed E-state index contributed by atoms with van der Waals surface area (Å²) in [6.07, 6.45) is 4.26. The van der Waals surface area contributed by atoms with Crippen LogP contribution in [0.5, 0.6) is 0 Å². The Labute approximate surface area is 139 Å². The van der Waals surface area contributed by atoms with E-state index < -0.39 is 0 Å². The highest BCUT2D eigenvalue weighted by Crippen LogP contribution is 2.26. The average molecular weight is 325 g/mol. The predicted octanol–water partition coefficient (Wildman–Crippen LogP) is 0.862. The highest BCUT2D eigenvalue weighted by Gasteiger charge is 2.35. The SMILES string of the molecule is CCN(CCOC)C(=O)CC1CCCN(C2CCNCC2)C1=O. The molecule has 0 saturated carbocycles. The molecule has 0 aromatic rings. The smallest absolute Gasteiger partial charge is 0.226 e. The number of likely N-dealkylation sites (tertiary alicyclic amines) is 1. The second kappa shape index (κ2) is 9.23. The van der Waals surface area contributed by atoms with Gasteiger partial charge >= 0.3 is 0 Å². The van der Waals surface area contributed by atoms with Crippen molar-refractivity contribution >= 4 is 11.8 Å². The molecule has 1 N–H and O–H groups in total. The molecule has 0 aromatic carbocycles. The van der Waals surface area contributed by atoms with Crippen LogP contribution in [0.2, 0.25) is 0 Å². The van der Waals surface area contributed by atoms with Crippen LogP contribution in [0.1, 0.15) is 39.0 Å². The number of amides is 2. The van der Waals surface area contributed by atoms with E-state index in [1.165, 1.54) is 0 Å². The lowest BCUT2D eigenvalue weighted by atomic mass is 9.90. The van der Waals surface area contributed by atoms with Crippen LogP contribution in [0, 0.1) is 5.92 Å². The number of carbonyl (C=O) groups excluding carboxylic acids is 2. The standard InChI is InChI=1S/C17H31N3O3/c1-3-19(11-12-23-2)16(21)13-14-5-4-10-20(17(14)22)15-6-8-18-9-7-15/h14-15,18H,3-13H2,1-2H3. The molecule has 2 heterocycles. The van der Waals surface area contributed by atoms with Crippen molar-refractivity contribution in [3.05, 3.63) is 0 Å². The van der Waals surface area contributed by atoms with Gasteiger partial charge in [0.25, 0.3) is 0 Å². The van der Waals surface area contributed by atoms with Crippen LogP contribution in [-0.4, -0.2) is 74.1 Å². The zero-order chi connectivity index (χ0) is 16.7. The summed E-state index contributed by atoms with van der Waals surface area (Å²) in [6, 6.07) is 0.359. The third-order valence-corrected chi connectivity index (χ3v) is 5.05. The van der Waals surface area contributed by atoms with Crippen molar-refractivity contribution in [1.29, 1.82) is 0 Å². The Bertz CT molecular complexity index is 397. The molecule has 2 fully saturated rings. The third-order valence-electron chi connectivity index (χ3n) is 5.05. The van der Waals surface area contributed by atoms with Crippen molar-refractivity contribution in [2.75, 3.05) is 46.4 Å². The second-order valence-corrected chi connectivity index (χ2v) is 6.52. The van der Waals surface area contributed by atoms with Gasteiger partial charge in [-0.15, -0.1) is 0 Å². The minimum Gasteiger partial charge on any atom is -0.383 e. The molecule has 1 unspecified atom stereocenters. The van der Waals surface area contributed by atoms with Crippen LogP contribution in [0.4, 0.5) is 0 Å². The molecular formula is C17H31N3O3. The van der Waals surface area contributed by atoms with Gasteiger partial charge in [0.05, 0.1) is 6.61 Å². The summed E-state index contributed by atoms with van der Waals surface area (Å²) < 4.78 is 5.06. The van der Waals surface area contributed by atoms with Gasteiger partial charge < -0.3 is 19.9 Å². The molecule has 2 saturated heterocycles. The van der Waals surface area contributed by atoms with Gasteiger partial charge in [0.1, 0.15) is 0 Å². The Morgan fingerprint density at radius 2 is 2.09 bits per heavy atom. The molecule has 132 valence electrons. The van der Waals surface area contributed by atoms with E-state index in [4.69, 9.17) is 4.74 Å². The zero-order valence-corrected chi connectivity index (χ0v) is 14.6. The molecule has 0 bridgehead atoms. The van der Waals surface area contributed by atoms with Crippen molar-refractivity contribution in [3.8, 4) is 0 Å². The normalized spacial score (nSPS) is 23.1.